The number of ether oxygens (including phenoxy) is 1. The van der Waals surface area contributed by atoms with E-state index in [0.717, 1.165) is 0 Å². The van der Waals surface area contributed by atoms with Gasteiger partial charge in [0.05, 0.1) is 0 Å². The monoisotopic (exact) mass is 409 g/mol. The molecule has 21 heavy (non-hydrogen) atoms. The van der Waals surface area contributed by atoms with E-state index in [1.54, 1.807) is 24.3 Å². The van der Waals surface area contributed by atoms with Crippen LogP contribution in [0.1, 0.15) is 5.56 Å². The van der Waals surface area contributed by atoms with Gasteiger partial charge in [-0.15, -0.1) is 0 Å². The molecule has 4 nitrogen and oxygen atoms in total. The fraction of sp³-hybridized carbons (Fsp3) is 0.0769. The molecule has 0 atom stereocenters. The highest BCUT2D eigenvalue weighted by Crippen LogP contribution is 2.28. The maximum Gasteiger partial charge on any atom is 0.241 e. The molecule has 2 aromatic rings. The van der Waals surface area contributed by atoms with Crippen LogP contribution < -0.4 is 9.88 Å². The fourth-order valence-corrected chi connectivity index (χ4v) is 3.29. The highest BCUT2D eigenvalue weighted by atomic mass is 79.9. The van der Waals surface area contributed by atoms with E-state index in [9.17, 15) is 8.42 Å². The third-order valence-electron chi connectivity index (χ3n) is 2.61. The van der Waals surface area contributed by atoms with Crippen molar-refractivity contribution in [2.75, 3.05) is 0 Å². The highest BCUT2D eigenvalue weighted by Gasteiger charge is 2.16. The average molecular weight is 411 g/mol. The number of hydrogen-bond acceptors (Lipinski definition) is 3. The Kier molecular flexibility index (Phi) is 5.16. The predicted molar refractivity (Wildman–Crippen MR) is 86.3 cm³/mol. The van der Waals surface area contributed by atoms with Crippen LogP contribution in [0, 0.1) is 0 Å². The lowest BCUT2D eigenvalue weighted by molar-refractivity contribution is 0.298. The first kappa shape index (κ1) is 16.6. The molecule has 0 unspecified atom stereocenters. The minimum atomic E-state index is -3.89. The van der Waals surface area contributed by atoms with Crippen LogP contribution in [-0.4, -0.2) is 8.42 Å². The molecule has 0 saturated heterocycles. The maximum absolute atomic E-state index is 11.6. The third kappa shape index (κ3) is 4.34. The zero-order valence-corrected chi connectivity index (χ0v) is 14.4. The van der Waals surface area contributed by atoms with E-state index in [1.807, 2.05) is 0 Å². The Balaban J connectivity index is 2.28. The zero-order chi connectivity index (χ0) is 15.6. The summed E-state index contributed by atoms with van der Waals surface area (Å²) in [5.41, 5.74) is 0.685. The Labute approximate surface area is 141 Å². The van der Waals surface area contributed by atoms with Crippen molar-refractivity contribution in [2.45, 2.75) is 11.5 Å². The van der Waals surface area contributed by atoms with Crippen molar-refractivity contribution < 1.29 is 13.2 Å². The second-order valence-corrected chi connectivity index (χ2v) is 7.45. The second-order valence-electron chi connectivity index (χ2n) is 4.16. The first-order chi connectivity index (χ1) is 9.77. The van der Waals surface area contributed by atoms with Crippen molar-refractivity contribution in [3.8, 4) is 5.75 Å². The minimum absolute atomic E-state index is 0.0954. The van der Waals surface area contributed by atoms with E-state index in [2.05, 4.69) is 15.9 Å². The van der Waals surface area contributed by atoms with E-state index >= 15 is 0 Å². The van der Waals surface area contributed by atoms with Gasteiger partial charge in [-0.1, -0.05) is 45.2 Å². The molecule has 0 amide bonds. The van der Waals surface area contributed by atoms with E-state index < -0.39 is 10.0 Å². The summed E-state index contributed by atoms with van der Waals surface area (Å²) in [5, 5.41) is 6.13. The predicted octanol–water partition coefficient (Wildman–Crippen LogP) is 3.98. The van der Waals surface area contributed by atoms with Crippen molar-refractivity contribution in [1.82, 2.24) is 0 Å². The largest absolute Gasteiger partial charge is 0.487 e. The number of rotatable bonds is 4. The van der Waals surface area contributed by atoms with Gasteiger partial charge in [0.25, 0.3) is 0 Å². The molecule has 2 N–H and O–H groups in total. The lowest BCUT2D eigenvalue weighted by Crippen LogP contribution is -2.14. The molecule has 0 saturated carbocycles. The summed E-state index contributed by atoms with van der Waals surface area (Å²) < 4.78 is 29.2. The molecule has 8 heteroatoms. The van der Waals surface area contributed by atoms with Gasteiger partial charge in [0.15, 0.2) is 0 Å². The normalized spacial score (nSPS) is 11.4. The molecule has 0 fully saturated rings. The van der Waals surface area contributed by atoms with Crippen LogP contribution in [0.4, 0.5) is 0 Å². The Morgan fingerprint density at radius 2 is 1.86 bits per heavy atom. The standard InChI is InChI=1S/C13H10BrCl2NO3S/c14-9-2-4-12(13(5-9)21(17,18)19)20-7-8-1-3-10(15)6-11(8)16/h1-6H,7H2,(H2,17,18,19). The molecule has 0 heterocycles. The Morgan fingerprint density at radius 3 is 2.48 bits per heavy atom. The zero-order valence-electron chi connectivity index (χ0n) is 10.5. The molecule has 0 aliphatic carbocycles. The fourth-order valence-electron chi connectivity index (χ4n) is 1.62. The van der Waals surface area contributed by atoms with Crippen LogP contribution in [0.5, 0.6) is 5.75 Å². The number of benzene rings is 2. The molecular formula is C13H10BrCl2NO3S. The van der Waals surface area contributed by atoms with Crippen LogP contribution in [0.15, 0.2) is 45.8 Å². The Hall–Kier alpha value is -0.790. The summed E-state index contributed by atoms with van der Waals surface area (Å²) in [6.07, 6.45) is 0. The SMILES string of the molecule is NS(=O)(=O)c1cc(Br)ccc1OCc1ccc(Cl)cc1Cl. The first-order valence-electron chi connectivity index (χ1n) is 5.66. The summed E-state index contributed by atoms with van der Waals surface area (Å²) in [6.45, 7) is 0.0974. The summed E-state index contributed by atoms with van der Waals surface area (Å²) in [5.74, 6) is 0.159. The van der Waals surface area contributed by atoms with Crippen molar-refractivity contribution in [3.63, 3.8) is 0 Å². The van der Waals surface area contributed by atoms with Crippen LogP contribution >= 0.6 is 39.1 Å². The number of primary sulfonamides is 1. The van der Waals surface area contributed by atoms with Gasteiger partial charge in [0.2, 0.25) is 10.0 Å². The van der Waals surface area contributed by atoms with Crippen LogP contribution in [-0.2, 0) is 16.6 Å². The molecule has 0 spiro atoms. The van der Waals surface area contributed by atoms with Gasteiger partial charge in [-0.2, -0.15) is 0 Å². The lowest BCUT2D eigenvalue weighted by Gasteiger charge is -2.11. The van der Waals surface area contributed by atoms with Gasteiger partial charge in [0, 0.05) is 20.1 Å². The molecule has 0 aromatic heterocycles. The van der Waals surface area contributed by atoms with E-state index in [1.165, 1.54) is 12.1 Å². The van der Waals surface area contributed by atoms with Crippen molar-refractivity contribution >= 4 is 49.2 Å². The summed E-state index contributed by atoms with van der Waals surface area (Å²) in [4.78, 5) is -0.0954. The maximum atomic E-state index is 11.6. The summed E-state index contributed by atoms with van der Waals surface area (Å²) in [6, 6.07) is 9.54. The number of hydrogen-bond donors (Lipinski definition) is 1. The van der Waals surface area contributed by atoms with Crippen molar-refractivity contribution in [2.24, 2.45) is 5.14 Å². The first-order valence-corrected chi connectivity index (χ1v) is 8.76. The van der Waals surface area contributed by atoms with Crippen molar-refractivity contribution in [1.29, 1.82) is 0 Å². The van der Waals surface area contributed by atoms with Gasteiger partial charge < -0.3 is 4.74 Å². The van der Waals surface area contributed by atoms with Crippen molar-refractivity contribution in [3.05, 3.63) is 56.5 Å². The number of sulfonamides is 1. The summed E-state index contributed by atoms with van der Waals surface area (Å²) in [7, 11) is -3.89. The molecule has 2 aromatic carbocycles. The van der Waals surface area contributed by atoms with Gasteiger partial charge >= 0.3 is 0 Å². The Bertz CT molecular complexity index is 781. The van der Waals surface area contributed by atoms with Gasteiger partial charge in [-0.25, -0.2) is 13.6 Å². The average Bonchev–Trinajstić information content (AvgIpc) is 2.38. The van der Waals surface area contributed by atoms with Gasteiger partial charge in [-0.3, -0.25) is 0 Å². The topological polar surface area (TPSA) is 69.4 Å². The molecule has 0 aliphatic heterocycles. The molecule has 112 valence electrons. The minimum Gasteiger partial charge on any atom is -0.487 e. The number of halogens is 3. The van der Waals surface area contributed by atoms with Crippen LogP contribution in [0.3, 0.4) is 0 Å². The third-order valence-corrected chi connectivity index (χ3v) is 4.62. The number of nitrogens with two attached hydrogens (primary N) is 1. The summed E-state index contributed by atoms with van der Waals surface area (Å²) >= 11 is 15.0. The van der Waals surface area contributed by atoms with Gasteiger partial charge in [0.1, 0.15) is 17.3 Å². The molecule has 0 radical (unpaired) electrons. The van der Waals surface area contributed by atoms with E-state index in [4.69, 9.17) is 33.1 Å². The molecule has 2 rings (SSSR count). The quantitative estimate of drug-likeness (QED) is 0.828. The van der Waals surface area contributed by atoms with Crippen LogP contribution in [0.25, 0.3) is 0 Å². The highest BCUT2D eigenvalue weighted by molar-refractivity contribution is 9.10. The van der Waals surface area contributed by atoms with Gasteiger partial charge in [-0.05, 0) is 30.3 Å². The lowest BCUT2D eigenvalue weighted by atomic mass is 10.2. The van der Waals surface area contributed by atoms with E-state index in [-0.39, 0.29) is 17.3 Å². The molecular weight excluding hydrogens is 401 g/mol. The molecule has 0 bridgehead atoms. The smallest absolute Gasteiger partial charge is 0.241 e. The van der Waals surface area contributed by atoms with Crippen LogP contribution in [0.2, 0.25) is 10.0 Å². The Morgan fingerprint density at radius 1 is 1.14 bits per heavy atom. The molecule has 0 aliphatic rings. The second kappa shape index (κ2) is 6.54. The van der Waals surface area contributed by atoms with E-state index in [0.29, 0.717) is 20.1 Å².